The summed E-state index contributed by atoms with van der Waals surface area (Å²) in [6, 6.07) is 15.4. The second-order valence-corrected chi connectivity index (χ2v) is 6.35. The van der Waals surface area contributed by atoms with E-state index in [1.165, 1.54) is 11.6 Å². The highest BCUT2D eigenvalue weighted by atomic mass is 19.1. The monoisotopic (exact) mass is 328 g/mol. The largest absolute Gasteiger partial charge is 0.496 e. The lowest BCUT2D eigenvalue weighted by Gasteiger charge is -2.22. The Kier molecular flexibility index (Phi) is 5.83. The molecule has 0 spiro atoms. The van der Waals surface area contributed by atoms with E-state index in [0.29, 0.717) is 0 Å². The SMILES string of the molecule is COc1ccc(F)cc1CN1CCCN(Cc2ccccc2)CC1. The Morgan fingerprint density at radius 1 is 0.917 bits per heavy atom. The Hall–Kier alpha value is -1.91. The molecule has 1 fully saturated rings. The number of methoxy groups -OCH3 is 1. The lowest BCUT2D eigenvalue weighted by atomic mass is 10.1. The van der Waals surface area contributed by atoms with Gasteiger partial charge in [-0.2, -0.15) is 0 Å². The minimum atomic E-state index is -0.202. The third-order valence-corrected chi connectivity index (χ3v) is 4.57. The van der Waals surface area contributed by atoms with Crippen LogP contribution in [0.3, 0.4) is 0 Å². The van der Waals surface area contributed by atoms with Gasteiger partial charge < -0.3 is 4.74 Å². The third kappa shape index (κ3) is 4.56. The Balaban J connectivity index is 1.59. The summed E-state index contributed by atoms with van der Waals surface area (Å²) in [6.07, 6.45) is 1.13. The number of halogens is 1. The molecule has 0 bridgehead atoms. The molecule has 1 saturated heterocycles. The van der Waals surface area contributed by atoms with Crippen molar-refractivity contribution in [2.75, 3.05) is 33.3 Å². The minimum Gasteiger partial charge on any atom is -0.496 e. The Labute approximate surface area is 143 Å². The van der Waals surface area contributed by atoms with Gasteiger partial charge in [-0.3, -0.25) is 9.80 Å². The molecule has 0 amide bonds. The van der Waals surface area contributed by atoms with Crippen molar-refractivity contribution in [2.45, 2.75) is 19.5 Å². The average molecular weight is 328 g/mol. The minimum absolute atomic E-state index is 0.202. The predicted octanol–water partition coefficient (Wildman–Crippen LogP) is 3.54. The second kappa shape index (κ2) is 8.27. The molecule has 0 atom stereocenters. The fourth-order valence-corrected chi connectivity index (χ4v) is 3.29. The highest BCUT2D eigenvalue weighted by molar-refractivity contribution is 5.33. The van der Waals surface area contributed by atoms with Crippen molar-refractivity contribution in [3.8, 4) is 5.75 Å². The van der Waals surface area contributed by atoms with Gasteiger partial charge in [-0.1, -0.05) is 30.3 Å². The van der Waals surface area contributed by atoms with E-state index in [0.717, 1.165) is 57.0 Å². The quantitative estimate of drug-likeness (QED) is 0.835. The van der Waals surface area contributed by atoms with Gasteiger partial charge in [0.05, 0.1) is 7.11 Å². The molecule has 24 heavy (non-hydrogen) atoms. The van der Waals surface area contributed by atoms with Crippen LogP contribution in [-0.2, 0) is 13.1 Å². The topological polar surface area (TPSA) is 15.7 Å². The Morgan fingerprint density at radius 3 is 2.33 bits per heavy atom. The molecule has 4 heteroatoms. The van der Waals surface area contributed by atoms with Crippen LogP contribution in [0.5, 0.6) is 5.75 Å². The number of benzene rings is 2. The van der Waals surface area contributed by atoms with Gasteiger partial charge in [0.25, 0.3) is 0 Å². The number of nitrogens with zero attached hydrogens (tertiary/aromatic N) is 2. The van der Waals surface area contributed by atoms with Crippen LogP contribution in [0.15, 0.2) is 48.5 Å². The summed E-state index contributed by atoms with van der Waals surface area (Å²) >= 11 is 0. The van der Waals surface area contributed by atoms with Crippen LogP contribution < -0.4 is 4.74 Å². The van der Waals surface area contributed by atoms with Crippen LogP contribution in [0, 0.1) is 5.82 Å². The van der Waals surface area contributed by atoms with Crippen molar-refractivity contribution >= 4 is 0 Å². The van der Waals surface area contributed by atoms with Gasteiger partial charge in [0.2, 0.25) is 0 Å². The van der Waals surface area contributed by atoms with Gasteiger partial charge >= 0.3 is 0 Å². The van der Waals surface area contributed by atoms with E-state index in [1.54, 1.807) is 19.2 Å². The van der Waals surface area contributed by atoms with Crippen molar-refractivity contribution in [1.29, 1.82) is 0 Å². The highest BCUT2D eigenvalue weighted by Gasteiger charge is 2.17. The first-order chi connectivity index (χ1) is 11.7. The van der Waals surface area contributed by atoms with Crippen LogP contribution in [0.1, 0.15) is 17.5 Å². The summed E-state index contributed by atoms with van der Waals surface area (Å²) in [5.41, 5.74) is 2.28. The van der Waals surface area contributed by atoms with E-state index in [9.17, 15) is 4.39 Å². The molecule has 0 radical (unpaired) electrons. The molecule has 2 aromatic rings. The van der Waals surface area contributed by atoms with Gasteiger partial charge in [0.1, 0.15) is 11.6 Å². The van der Waals surface area contributed by atoms with Crippen molar-refractivity contribution in [3.63, 3.8) is 0 Å². The first-order valence-corrected chi connectivity index (χ1v) is 8.55. The predicted molar refractivity (Wildman–Crippen MR) is 94.6 cm³/mol. The van der Waals surface area contributed by atoms with Gasteiger partial charge in [0, 0.05) is 31.7 Å². The molecule has 2 aromatic carbocycles. The standard InChI is InChI=1S/C20H25FN2O/c1-24-20-9-8-19(21)14-18(20)16-23-11-5-10-22(12-13-23)15-17-6-3-2-4-7-17/h2-4,6-9,14H,5,10-13,15-16H2,1H3. The van der Waals surface area contributed by atoms with Crippen molar-refractivity contribution in [3.05, 3.63) is 65.5 Å². The molecule has 1 aliphatic rings. The van der Waals surface area contributed by atoms with Gasteiger partial charge in [-0.15, -0.1) is 0 Å². The third-order valence-electron chi connectivity index (χ3n) is 4.57. The Bertz CT molecular complexity index is 647. The van der Waals surface area contributed by atoms with Crippen LogP contribution in [-0.4, -0.2) is 43.1 Å². The second-order valence-electron chi connectivity index (χ2n) is 6.35. The van der Waals surface area contributed by atoms with E-state index < -0.39 is 0 Å². The van der Waals surface area contributed by atoms with Gasteiger partial charge in [0.15, 0.2) is 0 Å². The van der Waals surface area contributed by atoms with E-state index in [2.05, 4.69) is 40.1 Å². The first kappa shape index (κ1) is 16.9. The zero-order valence-corrected chi connectivity index (χ0v) is 14.2. The number of ether oxygens (including phenoxy) is 1. The van der Waals surface area contributed by atoms with E-state index >= 15 is 0 Å². The molecular formula is C20H25FN2O. The summed E-state index contributed by atoms with van der Waals surface area (Å²) in [4.78, 5) is 4.89. The number of hydrogen-bond donors (Lipinski definition) is 0. The summed E-state index contributed by atoms with van der Waals surface area (Å²) in [5, 5.41) is 0. The molecule has 0 saturated carbocycles. The van der Waals surface area contributed by atoms with Crippen molar-refractivity contribution in [1.82, 2.24) is 9.80 Å². The van der Waals surface area contributed by atoms with E-state index in [4.69, 9.17) is 4.74 Å². The zero-order chi connectivity index (χ0) is 16.8. The highest BCUT2D eigenvalue weighted by Crippen LogP contribution is 2.22. The van der Waals surface area contributed by atoms with Crippen LogP contribution in [0.25, 0.3) is 0 Å². The fourth-order valence-electron chi connectivity index (χ4n) is 3.29. The molecule has 3 nitrogen and oxygen atoms in total. The zero-order valence-electron chi connectivity index (χ0n) is 14.2. The maximum Gasteiger partial charge on any atom is 0.123 e. The normalized spacial score (nSPS) is 16.8. The van der Waals surface area contributed by atoms with Gasteiger partial charge in [-0.25, -0.2) is 4.39 Å². The lowest BCUT2D eigenvalue weighted by Crippen LogP contribution is -2.30. The summed E-state index contributed by atoms with van der Waals surface area (Å²) in [7, 11) is 1.64. The van der Waals surface area contributed by atoms with Crippen LogP contribution >= 0.6 is 0 Å². The maximum absolute atomic E-state index is 13.5. The number of hydrogen-bond acceptors (Lipinski definition) is 3. The molecule has 128 valence electrons. The van der Waals surface area contributed by atoms with Crippen LogP contribution in [0.2, 0.25) is 0 Å². The molecule has 3 rings (SSSR count). The van der Waals surface area contributed by atoms with Crippen molar-refractivity contribution < 1.29 is 9.13 Å². The summed E-state index contributed by atoms with van der Waals surface area (Å²) in [5.74, 6) is 0.563. The Morgan fingerprint density at radius 2 is 1.62 bits per heavy atom. The van der Waals surface area contributed by atoms with Crippen molar-refractivity contribution in [2.24, 2.45) is 0 Å². The average Bonchev–Trinajstić information content (AvgIpc) is 2.81. The molecule has 1 heterocycles. The molecule has 0 aromatic heterocycles. The summed E-state index contributed by atoms with van der Waals surface area (Å²) < 4.78 is 18.9. The molecule has 1 aliphatic heterocycles. The maximum atomic E-state index is 13.5. The molecule has 0 N–H and O–H groups in total. The number of rotatable bonds is 5. The van der Waals surface area contributed by atoms with Gasteiger partial charge in [-0.05, 0) is 43.3 Å². The van der Waals surface area contributed by atoms with E-state index in [1.807, 2.05) is 0 Å². The smallest absolute Gasteiger partial charge is 0.123 e. The van der Waals surface area contributed by atoms with Crippen LogP contribution in [0.4, 0.5) is 4.39 Å². The molecule has 0 aliphatic carbocycles. The molecular weight excluding hydrogens is 303 g/mol. The lowest BCUT2D eigenvalue weighted by molar-refractivity contribution is 0.245. The fraction of sp³-hybridized carbons (Fsp3) is 0.400. The first-order valence-electron chi connectivity index (χ1n) is 8.55. The summed E-state index contributed by atoms with van der Waals surface area (Å²) in [6.45, 7) is 5.90. The molecule has 0 unspecified atom stereocenters. The van der Waals surface area contributed by atoms with E-state index in [-0.39, 0.29) is 5.82 Å².